The van der Waals surface area contributed by atoms with Gasteiger partial charge in [0.25, 0.3) is 0 Å². The highest BCUT2D eigenvalue weighted by atomic mass is 19.2. The molecule has 0 amide bonds. The van der Waals surface area contributed by atoms with Crippen molar-refractivity contribution in [3.05, 3.63) is 29.3 Å². The maximum absolute atomic E-state index is 13.2. The topological polar surface area (TPSA) is 29.3 Å². The van der Waals surface area contributed by atoms with Gasteiger partial charge in [0, 0.05) is 24.8 Å². The number of nitrogens with two attached hydrogens (primary N) is 1. The molecule has 1 fully saturated rings. The van der Waals surface area contributed by atoms with Gasteiger partial charge in [-0.05, 0) is 37.4 Å². The highest BCUT2D eigenvalue weighted by Crippen LogP contribution is 2.27. The van der Waals surface area contributed by atoms with E-state index in [1.165, 1.54) is 12.1 Å². The Morgan fingerprint density at radius 3 is 2.38 bits per heavy atom. The van der Waals surface area contributed by atoms with Gasteiger partial charge in [0.15, 0.2) is 11.6 Å². The summed E-state index contributed by atoms with van der Waals surface area (Å²) in [6, 6.07) is 2.57. The lowest BCUT2D eigenvalue weighted by molar-refractivity contribution is 0.507. The smallest absolute Gasteiger partial charge is 0.160 e. The van der Waals surface area contributed by atoms with Crippen molar-refractivity contribution in [1.29, 1.82) is 0 Å². The van der Waals surface area contributed by atoms with Gasteiger partial charge in [-0.3, -0.25) is 0 Å². The van der Waals surface area contributed by atoms with Gasteiger partial charge < -0.3 is 10.6 Å². The average molecular weight is 226 g/mol. The monoisotopic (exact) mass is 226 g/mol. The number of benzene rings is 1. The molecule has 1 aromatic rings. The average Bonchev–Trinajstić information content (AvgIpc) is 2.76. The third-order valence-electron chi connectivity index (χ3n) is 2.98. The largest absolute Gasteiger partial charge is 0.371 e. The molecule has 1 aliphatic rings. The van der Waals surface area contributed by atoms with Crippen LogP contribution in [0, 0.1) is 11.6 Å². The molecule has 1 aromatic carbocycles. The quantitative estimate of drug-likeness (QED) is 0.854. The Morgan fingerprint density at radius 2 is 1.75 bits per heavy atom. The second-order valence-corrected chi connectivity index (χ2v) is 4.13. The molecule has 2 nitrogen and oxygen atoms in total. The number of halogens is 2. The van der Waals surface area contributed by atoms with Crippen molar-refractivity contribution >= 4 is 5.69 Å². The Labute approximate surface area is 94.0 Å². The predicted molar refractivity (Wildman–Crippen MR) is 60.6 cm³/mol. The van der Waals surface area contributed by atoms with Crippen molar-refractivity contribution in [1.82, 2.24) is 0 Å². The molecule has 2 N–H and O–H groups in total. The van der Waals surface area contributed by atoms with Gasteiger partial charge in [0.2, 0.25) is 0 Å². The molecular formula is C12H16F2N2. The van der Waals surface area contributed by atoms with Crippen molar-refractivity contribution in [2.45, 2.75) is 19.3 Å². The van der Waals surface area contributed by atoms with Crippen LogP contribution in [-0.2, 0) is 6.42 Å². The van der Waals surface area contributed by atoms with Crippen LogP contribution in [0.2, 0.25) is 0 Å². The van der Waals surface area contributed by atoms with Crippen LogP contribution in [0.1, 0.15) is 18.4 Å². The highest BCUT2D eigenvalue weighted by Gasteiger charge is 2.18. The van der Waals surface area contributed by atoms with Crippen LogP contribution in [0.4, 0.5) is 14.5 Å². The maximum atomic E-state index is 13.2. The van der Waals surface area contributed by atoms with Gasteiger partial charge >= 0.3 is 0 Å². The fourth-order valence-electron chi connectivity index (χ4n) is 2.19. The SMILES string of the molecule is NCCc1cc(F)c(F)cc1N1CCCC1. The normalized spacial score (nSPS) is 15.8. The van der Waals surface area contributed by atoms with Gasteiger partial charge in [-0.1, -0.05) is 0 Å². The van der Waals surface area contributed by atoms with Crippen LogP contribution >= 0.6 is 0 Å². The minimum absolute atomic E-state index is 0.450. The molecule has 0 aromatic heterocycles. The molecule has 0 aliphatic carbocycles. The molecule has 88 valence electrons. The molecular weight excluding hydrogens is 210 g/mol. The van der Waals surface area contributed by atoms with E-state index in [2.05, 4.69) is 4.90 Å². The van der Waals surface area contributed by atoms with E-state index in [9.17, 15) is 8.78 Å². The highest BCUT2D eigenvalue weighted by molar-refractivity contribution is 5.55. The van der Waals surface area contributed by atoms with Crippen molar-refractivity contribution < 1.29 is 8.78 Å². The fourth-order valence-corrected chi connectivity index (χ4v) is 2.19. The Kier molecular flexibility index (Phi) is 3.39. The molecule has 16 heavy (non-hydrogen) atoms. The lowest BCUT2D eigenvalue weighted by Crippen LogP contribution is -2.20. The molecule has 0 unspecified atom stereocenters. The van der Waals surface area contributed by atoms with Crippen LogP contribution in [0.15, 0.2) is 12.1 Å². The molecule has 2 rings (SSSR count). The van der Waals surface area contributed by atoms with E-state index in [1.54, 1.807) is 0 Å². The molecule has 0 bridgehead atoms. The van der Waals surface area contributed by atoms with E-state index in [4.69, 9.17) is 5.73 Å². The summed E-state index contributed by atoms with van der Waals surface area (Å²) in [5.41, 5.74) is 7.10. The third-order valence-corrected chi connectivity index (χ3v) is 2.98. The zero-order valence-corrected chi connectivity index (χ0v) is 9.18. The van der Waals surface area contributed by atoms with E-state index >= 15 is 0 Å². The van der Waals surface area contributed by atoms with E-state index in [0.29, 0.717) is 13.0 Å². The summed E-state index contributed by atoms with van der Waals surface area (Å²) < 4.78 is 26.4. The predicted octanol–water partition coefficient (Wildman–Crippen LogP) is 2.07. The van der Waals surface area contributed by atoms with Crippen LogP contribution < -0.4 is 10.6 Å². The Bertz CT molecular complexity index is 374. The van der Waals surface area contributed by atoms with Gasteiger partial charge in [0.1, 0.15) is 0 Å². The van der Waals surface area contributed by atoms with Crippen LogP contribution in [0.3, 0.4) is 0 Å². The number of anilines is 1. The zero-order valence-electron chi connectivity index (χ0n) is 9.18. The Balaban J connectivity index is 2.36. The van der Waals surface area contributed by atoms with Gasteiger partial charge in [-0.2, -0.15) is 0 Å². The van der Waals surface area contributed by atoms with Gasteiger partial charge in [0.05, 0.1) is 0 Å². The minimum Gasteiger partial charge on any atom is -0.371 e. The molecule has 0 radical (unpaired) electrons. The number of rotatable bonds is 3. The fraction of sp³-hybridized carbons (Fsp3) is 0.500. The summed E-state index contributed by atoms with van der Waals surface area (Å²) in [6.07, 6.45) is 2.81. The molecule has 1 aliphatic heterocycles. The third kappa shape index (κ3) is 2.16. The summed E-state index contributed by atoms with van der Waals surface area (Å²) in [7, 11) is 0. The first-order valence-electron chi connectivity index (χ1n) is 5.65. The lowest BCUT2D eigenvalue weighted by Gasteiger charge is -2.21. The summed E-state index contributed by atoms with van der Waals surface area (Å²) in [5.74, 6) is -1.56. The molecule has 0 atom stereocenters. The van der Waals surface area contributed by atoms with Crippen molar-refractivity contribution in [2.75, 3.05) is 24.5 Å². The molecule has 4 heteroatoms. The summed E-state index contributed by atoms with van der Waals surface area (Å²) in [4.78, 5) is 2.10. The first kappa shape index (κ1) is 11.3. The molecule has 1 saturated heterocycles. The van der Waals surface area contributed by atoms with E-state index in [-0.39, 0.29) is 0 Å². The first-order chi connectivity index (χ1) is 7.72. The van der Waals surface area contributed by atoms with E-state index in [0.717, 1.165) is 37.2 Å². The van der Waals surface area contributed by atoms with E-state index in [1.807, 2.05) is 0 Å². The maximum Gasteiger partial charge on any atom is 0.160 e. The van der Waals surface area contributed by atoms with Crippen LogP contribution in [0.5, 0.6) is 0 Å². The number of nitrogens with zero attached hydrogens (tertiary/aromatic N) is 1. The number of hydrogen-bond donors (Lipinski definition) is 1. The van der Waals surface area contributed by atoms with Gasteiger partial charge in [-0.15, -0.1) is 0 Å². The van der Waals surface area contributed by atoms with Gasteiger partial charge in [-0.25, -0.2) is 8.78 Å². The second-order valence-electron chi connectivity index (χ2n) is 4.13. The first-order valence-corrected chi connectivity index (χ1v) is 5.65. The minimum atomic E-state index is -0.786. The van der Waals surface area contributed by atoms with Crippen molar-refractivity contribution in [3.63, 3.8) is 0 Å². The second kappa shape index (κ2) is 4.78. The van der Waals surface area contributed by atoms with Crippen LogP contribution in [-0.4, -0.2) is 19.6 Å². The van der Waals surface area contributed by atoms with Crippen molar-refractivity contribution in [2.24, 2.45) is 5.73 Å². The van der Waals surface area contributed by atoms with E-state index < -0.39 is 11.6 Å². The molecule has 0 saturated carbocycles. The zero-order chi connectivity index (χ0) is 11.5. The summed E-state index contributed by atoms with van der Waals surface area (Å²) in [5, 5.41) is 0. The Hall–Kier alpha value is -1.16. The molecule has 0 spiro atoms. The summed E-state index contributed by atoms with van der Waals surface area (Å²) in [6.45, 7) is 2.29. The summed E-state index contributed by atoms with van der Waals surface area (Å²) >= 11 is 0. The number of hydrogen-bond acceptors (Lipinski definition) is 2. The Morgan fingerprint density at radius 1 is 1.12 bits per heavy atom. The lowest BCUT2D eigenvalue weighted by atomic mass is 10.1. The molecule has 1 heterocycles. The van der Waals surface area contributed by atoms with Crippen molar-refractivity contribution in [3.8, 4) is 0 Å². The van der Waals surface area contributed by atoms with Crippen LogP contribution in [0.25, 0.3) is 0 Å². The standard InChI is InChI=1S/C12H16F2N2/c13-10-7-9(3-4-15)12(8-11(10)14)16-5-1-2-6-16/h7-8H,1-6,15H2.